The van der Waals surface area contributed by atoms with Gasteiger partial charge in [-0.15, -0.1) is 0 Å². The number of halogens is 1. The number of hydrogen-bond donors (Lipinski definition) is 1. The number of thioether (sulfide) groups is 1. The zero-order valence-electron chi connectivity index (χ0n) is 17.5. The van der Waals surface area contributed by atoms with E-state index >= 15 is 0 Å². The predicted molar refractivity (Wildman–Crippen MR) is 122 cm³/mol. The minimum atomic E-state index is -1.13. The summed E-state index contributed by atoms with van der Waals surface area (Å²) in [6.45, 7) is 0.485. The van der Waals surface area contributed by atoms with Crippen LogP contribution in [0.15, 0.2) is 21.5 Å². The molecule has 2 aliphatic heterocycles. The van der Waals surface area contributed by atoms with E-state index in [-0.39, 0.29) is 28.9 Å². The van der Waals surface area contributed by atoms with Crippen LogP contribution in [0.25, 0.3) is 6.08 Å². The molecule has 11 heteroatoms. The molecule has 2 aliphatic rings. The van der Waals surface area contributed by atoms with Gasteiger partial charge in [0.05, 0.1) is 16.5 Å². The average molecular weight is 527 g/mol. The predicted octanol–water partition coefficient (Wildman–Crippen LogP) is 3.36. The van der Waals surface area contributed by atoms with Crippen molar-refractivity contribution in [3.05, 3.63) is 27.1 Å². The van der Waals surface area contributed by atoms with Crippen LogP contribution in [0.2, 0.25) is 0 Å². The van der Waals surface area contributed by atoms with Crippen LogP contribution in [0, 0.1) is 0 Å². The fourth-order valence-electron chi connectivity index (χ4n) is 3.44. The summed E-state index contributed by atoms with van der Waals surface area (Å²) in [5.41, 5.74) is 0.542. The number of methoxy groups -OCH3 is 1. The van der Waals surface area contributed by atoms with Crippen molar-refractivity contribution >= 4 is 56.8 Å². The third kappa shape index (κ3) is 5.83. The molecule has 2 fully saturated rings. The first-order chi connectivity index (χ1) is 15.3. The maximum Gasteiger partial charge on any atom is 0.341 e. The number of carbonyl (C=O) groups excluding carboxylic acids is 3. The number of nitrogens with zero attached hydrogens (tertiary/aromatic N) is 2. The highest BCUT2D eigenvalue weighted by molar-refractivity contribution is 9.10. The number of carboxylic acid groups (broad SMARTS) is 1. The van der Waals surface area contributed by atoms with E-state index in [1.807, 2.05) is 0 Å². The molecular weight excluding hydrogens is 504 g/mol. The zero-order valence-corrected chi connectivity index (χ0v) is 19.9. The topological polar surface area (TPSA) is 113 Å². The first-order valence-electron chi connectivity index (χ1n) is 10.1. The van der Waals surface area contributed by atoms with E-state index in [9.17, 15) is 19.2 Å². The minimum absolute atomic E-state index is 0.187. The van der Waals surface area contributed by atoms with Crippen molar-refractivity contribution in [2.45, 2.75) is 25.7 Å². The van der Waals surface area contributed by atoms with Gasteiger partial charge in [0.1, 0.15) is 6.54 Å². The molecule has 3 rings (SSSR count). The van der Waals surface area contributed by atoms with E-state index in [1.165, 1.54) is 13.2 Å². The molecule has 3 amide bonds. The molecule has 1 N–H and O–H groups in total. The van der Waals surface area contributed by atoms with E-state index in [1.54, 1.807) is 17.0 Å². The summed E-state index contributed by atoms with van der Waals surface area (Å²) >= 11 is 4.08. The number of likely N-dealkylation sites (tertiary alicyclic amines) is 1. The first kappa shape index (κ1) is 24.1. The molecule has 172 valence electrons. The maximum absolute atomic E-state index is 12.8. The van der Waals surface area contributed by atoms with Gasteiger partial charge in [-0.1, -0.05) is 12.8 Å². The van der Waals surface area contributed by atoms with Gasteiger partial charge in [-0.05, 0) is 64.3 Å². The molecule has 1 aromatic carbocycles. The molecule has 0 radical (unpaired) electrons. The van der Waals surface area contributed by atoms with Crippen LogP contribution < -0.4 is 9.47 Å². The molecule has 0 aromatic heterocycles. The second-order valence-corrected chi connectivity index (χ2v) is 9.13. The molecule has 0 aliphatic carbocycles. The largest absolute Gasteiger partial charge is 0.493 e. The van der Waals surface area contributed by atoms with E-state index in [4.69, 9.17) is 14.6 Å². The normalized spacial score (nSPS) is 18.1. The Hall–Kier alpha value is -2.53. The number of benzene rings is 1. The van der Waals surface area contributed by atoms with Crippen molar-refractivity contribution in [1.29, 1.82) is 0 Å². The molecule has 2 saturated heterocycles. The first-order valence-corrected chi connectivity index (χ1v) is 11.7. The lowest BCUT2D eigenvalue weighted by Gasteiger charge is -2.22. The molecule has 32 heavy (non-hydrogen) atoms. The molecule has 0 spiro atoms. The second kappa shape index (κ2) is 10.9. The van der Waals surface area contributed by atoms with Crippen molar-refractivity contribution in [2.75, 3.05) is 33.4 Å². The van der Waals surface area contributed by atoms with Crippen LogP contribution in [0.1, 0.15) is 31.2 Å². The highest BCUT2D eigenvalue weighted by Crippen LogP contribution is 2.39. The Bertz CT molecular complexity index is 958. The summed E-state index contributed by atoms with van der Waals surface area (Å²) in [6.07, 6.45) is 5.53. The van der Waals surface area contributed by atoms with Crippen LogP contribution in [-0.2, 0) is 14.4 Å². The maximum atomic E-state index is 12.8. The zero-order chi connectivity index (χ0) is 23.3. The molecule has 9 nitrogen and oxygen atoms in total. The number of amides is 3. The van der Waals surface area contributed by atoms with E-state index in [2.05, 4.69) is 15.9 Å². The number of carbonyl (C=O) groups is 4. The smallest absolute Gasteiger partial charge is 0.341 e. The van der Waals surface area contributed by atoms with Gasteiger partial charge >= 0.3 is 5.97 Å². The van der Waals surface area contributed by atoms with E-state index in [0.29, 0.717) is 23.1 Å². The van der Waals surface area contributed by atoms with Crippen LogP contribution in [-0.4, -0.2) is 71.3 Å². The number of rotatable bonds is 7. The van der Waals surface area contributed by atoms with Crippen LogP contribution in [0.5, 0.6) is 11.5 Å². The Morgan fingerprint density at radius 2 is 1.88 bits per heavy atom. The van der Waals surface area contributed by atoms with Crippen molar-refractivity contribution in [1.82, 2.24) is 9.80 Å². The standard InChI is InChI=1S/C21H23BrN2O7S/c1-30-15-9-13(8-14(22)19(15)31-12-18(26)27)10-16-20(28)24(21(29)32-16)11-17(25)23-6-4-2-3-5-7-23/h8-10H,2-7,11-12H2,1H3,(H,26,27). The molecule has 0 atom stereocenters. The summed E-state index contributed by atoms with van der Waals surface area (Å²) in [4.78, 5) is 51.5. The quantitative estimate of drug-likeness (QED) is 0.538. The Morgan fingerprint density at radius 3 is 2.50 bits per heavy atom. The molecule has 0 bridgehead atoms. The third-order valence-corrected chi connectivity index (χ3v) is 6.51. The Kier molecular flexibility index (Phi) is 8.19. The number of ether oxygens (including phenoxy) is 2. The fourth-order valence-corrected chi connectivity index (χ4v) is 4.85. The number of hydrogen-bond acceptors (Lipinski definition) is 7. The van der Waals surface area contributed by atoms with E-state index < -0.39 is 23.7 Å². The molecule has 0 unspecified atom stereocenters. The van der Waals surface area contributed by atoms with Gasteiger partial charge in [0.15, 0.2) is 18.1 Å². The number of imide groups is 1. The Morgan fingerprint density at radius 1 is 1.19 bits per heavy atom. The summed E-state index contributed by atoms with van der Waals surface area (Å²) in [7, 11) is 1.40. The van der Waals surface area contributed by atoms with Gasteiger partial charge in [-0.25, -0.2) is 4.79 Å². The average Bonchev–Trinajstić information content (AvgIpc) is 2.95. The highest BCUT2D eigenvalue weighted by Gasteiger charge is 2.37. The van der Waals surface area contributed by atoms with Gasteiger partial charge in [-0.2, -0.15) is 0 Å². The lowest BCUT2D eigenvalue weighted by Crippen LogP contribution is -2.42. The molecular formula is C21H23BrN2O7S. The van der Waals surface area contributed by atoms with Crippen molar-refractivity contribution in [2.24, 2.45) is 0 Å². The van der Waals surface area contributed by atoms with Crippen molar-refractivity contribution < 1.29 is 33.8 Å². The summed E-state index contributed by atoms with van der Waals surface area (Å²) in [5, 5.41) is 8.33. The van der Waals surface area contributed by atoms with Crippen LogP contribution in [0.3, 0.4) is 0 Å². The lowest BCUT2D eigenvalue weighted by molar-refractivity contribution is -0.139. The molecule has 2 heterocycles. The second-order valence-electron chi connectivity index (χ2n) is 7.28. The van der Waals surface area contributed by atoms with Gasteiger partial charge in [0.2, 0.25) is 5.91 Å². The molecule has 1 aromatic rings. The summed E-state index contributed by atoms with van der Waals surface area (Å²) < 4.78 is 10.9. The van der Waals surface area contributed by atoms with Crippen LogP contribution in [0.4, 0.5) is 4.79 Å². The van der Waals surface area contributed by atoms with Crippen LogP contribution >= 0.6 is 27.7 Å². The van der Waals surface area contributed by atoms with E-state index in [0.717, 1.165) is 42.3 Å². The Labute approximate surface area is 197 Å². The monoisotopic (exact) mass is 526 g/mol. The fraction of sp³-hybridized carbons (Fsp3) is 0.429. The van der Waals surface area contributed by atoms with Crippen molar-refractivity contribution in [3.63, 3.8) is 0 Å². The minimum Gasteiger partial charge on any atom is -0.493 e. The van der Waals surface area contributed by atoms with Crippen molar-refractivity contribution in [3.8, 4) is 11.5 Å². The van der Waals surface area contributed by atoms with Gasteiger partial charge in [0, 0.05) is 13.1 Å². The van der Waals surface area contributed by atoms with Gasteiger partial charge in [-0.3, -0.25) is 19.3 Å². The van der Waals surface area contributed by atoms with Gasteiger partial charge < -0.3 is 19.5 Å². The third-order valence-electron chi connectivity index (χ3n) is 5.02. The SMILES string of the molecule is COc1cc(C=C2SC(=O)N(CC(=O)N3CCCCCC3)C2=O)cc(Br)c1OCC(=O)O. The number of aliphatic carboxylic acids is 1. The number of carboxylic acids is 1. The Balaban J connectivity index is 1.75. The lowest BCUT2D eigenvalue weighted by atomic mass is 10.2. The van der Waals surface area contributed by atoms with Gasteiger partial charge in [0.25, 0.3) is 11.1 Å². The molecule has 0 saturated carbocycles. The summed E-state index contributed by atoms with van der Waals surface area (Å²) in [6, 6.07) is 3.19. The highest BCUT2D eigenvalue weighted by atomic mass is 79.9. The summed E-state index contributed by atoms with van der Waals surface area (Å²) in [5.74, 6) is -1.40.